The fourth-order valence-electron chi connectivity index (χ4n) is 2.69. The van der Waals surface area contributed by atoms with Gasteiger partial charge in [-0.2, -0.15) is 0 Å². The van der Waals surface area contributed by atoms with E-state index in [1.165, 1.54) is 5.56 Å². The van der Waals surface area contributed by atoms with Gasteiger partial charge in [0, 0.05) is 25.3 Å². The fraction of sp³-hybridized carbons (Fsp3) is 0.294. The van der Waals surface area contributed by atoms with Gasteiger partial charge in [-0.3, -0.25) is 4.98 Å². The third kappa shape index (κ3) is 3.62. The molecule has 3 rings (SSSR count). The van der Waals surface area contributed by atoms with Crippen LogP contribution in [0.2, 0.25) is 0 Å². The summed E-state index contributed by atoms with van der Waals surface area (Å²) in [6.45, 7) is 1.32. The van der Waals surface area contributed by atoms with Gasteiger partial charge in [-0.05, 0) is 24.1 Å². The molecule has 0 bridgehead atoms. The first-order chi connectivity index (χ1) is 10.8. The number of hydrogen-bond donors (Lipinski definition) is 2. The molecule has 2 N–H and O–H groups in total. The van der Waals surface area contributed by atoms with Crippen LogP contribution in [0.15, 0.2) is 54.9 Å². The Labute approximate surface area is 129 Å². The van der Waals surface area contributed by atoms with Gasteiger partial charge in [0.1, 0.15) is 0 Å². The van der Waals surface area contributed by atoms with Crippen LogP contribution in [-0.2, 0) is 4.74 Å². The number of ether oxygens (including phenoxy) is 1. The first-order valence-electron chi connectivity index (χ1n) is 7.44. The first kappa shape index (κ1) is 14.5. The predicted octanol–water partition coefficient (Wildman–Crippen LogP) is 2.98. The van der Waals surface area contributed by atoms with Crippen molar-refractivity contribution in [1.82, 2.24) is 10.3 Å². The maximum atomic E-state index is 11.9. The van der Waals surface area contributed by atoms with Crippen LogP contribution < -0.4 is 10.6 Å². The largest absolute Gasteiger partial charge is 0.373 e. The summed E-state index contributed by atoms with van der Waals surface area (Å²) >= 11 is 0. The van der Waals surface area contributed by atoms with E-state index in [0.717, 1.165) is 13.0 Å². The third-order valence-corrected chi connectivity index (χ3v) is 3.79. The molecule has 0 unspecified atom stereocenters. The van der Waals surface area contributed by atoms with Gasteiger partial charge in [0.2, 0.25) is 0 Å². The van der Waals surface area contributed by atoms with E-state index in [-0.39, 0.29) is 12.1 Å². The normalized spacial score (nSPS) is 20.5. The number of pyridine rings is 1. The molecular weight excluding hydrogens is 278 g/mol. The highest BCUT2D eigenvalue weighted by molar-refractivity contribution is 5.88. The van der Waals surface area contributed by atoms with Gasteiger partial charge < -0.3 is 15.4 Å². The first-order valence-corrected chi connectivity index (χ1v) is 7.44. The minimum absolute atomic E-state index is 0.0555. The molecule has 1 aliphatic rings. The number of carbonyl (C=O) groups is 1. The standard InChI is InChI=1S/C17H19N3O2/c21-17(20-15-7-4-9-18-12-15)19-11-14-8-10-22-16(14)13-5-2-1-3-6-13/h1-7,9,12,14,16H,8,10-11H2,(H2,19,20,21)/t14-,16-/m1/s1. The predicted molar refractivity (Wildman–Crippen MR) is 84.5 cm³/mol. The van der Waals surface area contributed by atoms with Crippen LogP contribution in [-0.4, -0.2) is 24.2 Å². The van der Waals surface area contributed by atoms with E-state index in [1.54, 1.807) is 24.5 Å². The van der Waals surface area contributed by atoms with E-state index in [2.05, 4.69) is 27.8 Å². The van der Waals surface area contributed by atoms with Crippen molar-refractivity contribution in [2.24, 2.45) is 5.92 Å². The number of amides is 2. The summed E-state index contributed by atoms with van der Waals surface area (Å²) in [6, 6.07) is 13.5. The lowest BCUT2D eigenvalue weighted by atomic mass is 9.95. The lowest BCUT2D eigenvalue weighted by Gasteiger charge is -2.19. The van der Waals surface area contributed by atoms with E-state index in [9.17, 15) is 4.79 Å². The number of nitrogens with one attached hydrogen (secondary N) is 2. The molecule has 2 atom stereocenters. The van der Waals surface area contributed by atoms with Crippen LogP contribution in [0, 0.1) is 5.92 Å². The van der Waals surface area contributed by atoms with Crippen molar-refractivity contribution in [2.45, 2.75) is 12.5 Å². The van der Waals surface area contributed by atoms with Crippen LogP contribution in [0.1, 0.15) is 18.1 Å². The average molecular weight is 297 g/mol. The number of hydrogen-bond acceptors (Lipinski definition) is 3. The number of aromatic nitrogens is 1. The van der Waals surface area contributed by atoms with E-state index in [4.69, 9.17) is 4.74 Å². The summed E-state index contributed by atoms with van der Waals surface area (Å²) < 4.78 is 5.82. The van der Waals surface area contributed by atoms with E-state index in [0.29, 0.717) is 18.2 Å². The summed E-state index contributed by atoms with van der Waals surface area (Å²) in [5.41, 5.74) is 1.85. The Kier molecular flexibility index (Phi) is 4.65. The molecule has 5 heteroatoms. The van der Waals surface area contributed by atoms with Gasteiger partial charge in [0.05, 0.1) is 18.0 Å². The van der Waals surface area contributed by atoms with Crippen molar-refractivity contribution in [3.63, 3.8) is 0 Å². The van der Waals surface area contributed by atoms with Crippen molar-refractivity contribution in [3.05, 3.63) is 60.4 Å². The van der Waals surface area contributed by atoms with Crippen molar-refractivity contribution < 1.29 is 9.53 Å². The van der Waals surface area contributed by atoms with Crippen LogP contribution in [0.4, 0.5) is 10.5 Å². The van der Waals surface area contributed by atoms with Crippen LogP contribution >= 0.6 is 0 Å². The molecular formula is C17H19N3O2. The number of carbonyl (C=O) groups excluding carboxylic acids is 1. The molecule has 2 heterocycles. The lowest BCUT2D eigenvalue weighted by Crippen LogP contribution is -2.34. The van der Waals surface area contributed by atoms with Gasteiger partial charge in [-0.25, -0.2) is 4.79 Å². The Balaban J connectivity index is 1.53. The Bertz CT molecular complexity index is 604. The van der Waals surface area contributed by atoms with Gasteiger partial charge >= 0.3 is 6.03 Å². The molecule has 0 spiro atoms. The second-order valence-corrected chi connectivity index (χ2v) is 5.33. The highest BCUT2D eigenvalue weighted by Crippen LogP contribution is 2.33. The summed E-state index contributed by atoms with van der Waals surface area (Å²) in [5, 5.41) is 5.68. The fourth-order valence-corrected chi connectivity index (χ4v) is 2.69. The van der Waals surface area contributed by atoms with Crippen molar-refractivity contribution in [1.29, 1.82) is 0 Å². The van der Waals surface area contributed by atoms with E-state index in [1.807, 2.05) is 18.2 Å². The molecule has 0 saturated carbocycles. The molecule has 1 aliphatic heterocycles. The molecule has 1 aromatic carbocycles. The van der Waals surface area contributed by atoms with Crippen LogP contribution in [0.25, 0.3) is 0 Å². The Morgan fingerprint density at radius 1 is 1.23 bits per heavy atom. The second kappa shape index (κ2) is 7.04. The number of rotatable bonds is 4. The zero-order valence-corrected chi connectivity index (χ0v) is 12.2. The van der Waals surface area contributed by atoms with E-state index >= 15 is 0 Å². The van der Waals surface area contributed by atoms with Crippen LogP contribution in [0.3, 0.4) is 0 Å². The molecule has 2 amide bonds. The molecule has 0 aliphatic carbocycles. The average Bonchev–Trinajstić information content (AvgIpc) is 3.03. The highest BCUT2D eigenvalue weighted by atomic mass is 16.5. The molecule has 1 fully saturated rings. The number of anilines is 1. The monoisotopic (exact) mass is 297 g/mol. The smallest absolute Gasteiger partial charge is 0.319 e. The van der Waals surface area contributed by atoms with E-state index < -0.39 is 0 Å². The molecule has 2 aromatic rings. The Hall–Kier alpha value is -2.40. The minimum Gasteiger partial charge on any atom is -0.373 e. The maximum Gasteiger partial charge on any atom is 0.319 e. The zero-order chi connectivity index (χ0) is 15.2. The highest BCUT2D eigenvalue weighted by Gasteiger charge is 2.29. The SMILES string of the molecule is O=C(NC[C@H]1CCO[C@@H]1c1ccccc1)Nc1cccnc1. The van der Waals surface area contributed by atoms with Gasteiger partial charge in [0.25, 0.3) is 0 Å². The molecule has 1 aromatic heterocycles. The Morgan fingerprint density at radius 2 is 2.09 bits per heavy atom. The quantitative estimate of drug-likeness (QED) is 0.912. The minimum atomic E-state index is -0.216. The molecule has 114 valence electrons. The topological polar surface area (TPSA) is 63.2 Å². The maximum absolute atomic E-state index is 11.9. The summed E-state index contributed by atoms with van der Waals surface area (Å²) in [6.07, 6.45) is 4.29. The van der Waals surface area contributed by atoms with Gasteiger partial charge in [-0.15, -0.1) is 0 Å². The van der Waals surface area contributed by atoms with Gasteiger partial charge in [-0.1, -0.05) is 30.3 Å². The number of benzene rings is 1. The summed E-state index contributed by atoms with van der Waals surface area (Å²) in [4.78, 5) is 15.9. The van der Waals surface area contributed by atoms with Gasteiger partial charge in [0.15, 0.2) is 0 Å². The molecule has 1 saturated heterocycles. The van der Waals surface area contributed by atoms with Crippen molar-refractivity contribution >= 4 is 11.7 Å². The third-order valence-electron chi connectivity index (χ3n) is 3.79. The Morgan fingerprint density at radius 3 is 2.86 bits per heavy atom. The molecule has 22 heavy (non-hydrogen) atoms. The lowest BCUT2D eigenvalue weighted by molar-refractivity contribution is 0.0911. The second-order valence-electron chi connectivity index (χ2n) is 5.33. The molecule has 5 nitrogen and oxygen atoms in total. The summed E-state index contributed by atoms with van der Waals surface area (Å²) in [7, 11) is 0. The van der Waals surface area contributed by atoms with Crippen molar-refractivity contribution in [3.8, 4) is 0 Å². The summed E-state index contributed by atoms with van der Waals surface area (Å²) in [5.74, 6) is 0.294. The zero-order valence-electron chi connectivity index (χ0n) is 12.2. The van der Waals surface area contributed by atoms with Crippen LogP contribution in [0.5, 0.6) is 0 Å². The molecule has 0 radical (unpaired) electrons. The van der Waals surface area contributed by atoms with Crippen molar-refractivity contribution in [2.75, 3.05) is 18.5 Å². The number of urea groups is 1. The number of nitrogens with zero attached hydrogens (tertiary/aromatic N) is 1.